The van der Waals surface area contributed by atoms with E-state index in [9.17, 15) is 18.0 Å². The Hall–Kier alpha value is -1.93. The molecule has 2 atom stereocenters. The lowest BCUT2D eigenvalue weighted by Crippen LogP contribution is -2.28. The van der Waals surface area contributed by atoms with Gasteiger partial charge in [-0.05, 0) is 43.4 Å². The molecule has 136 valence electrons. The molecule has 0 spiro atoms. The molecule has 1 heterocycles. The van der Waals surface area contributed by atoms with Crippen molar-refractivity contribution in [1.29, 1.82) is 0 Å². The lowest BCUT2D eigenvalue weighted by molar-refractivity contribution is -0.148. The molecule has 0 bridgehead atoms. The summed E-state index contributed by atoms with van der Waals surface area (Å²) in [5, 5.41) is 2.57. The summed E-state index contributed by atoms with van der Waals surface area (Å²) in [5.41, 5.74) is 0.362. The third-order valence-electron chi connectivity index (χ3n) is 4.58. The van der Waals surface area contributed by atoms with Gasteiger partial charge in [-0.15, -0.1) is 0 Å². The van der Waals surface area contributed by atoms with Gasteiger partial charge in [0, 0.05) is 18.8 Å². The van der Waals surface area contributed by atoms with Gasteiger partial charge in [0.15, 0.2) is 6.61 Å². The van der Waals surface area contributed by atoms with Crippen LogP contribution in [0.4, 0.5) is 5.69 Å². The molecule has 0 radical (unpaired) electrons. The lowest BCUT2D eigenvalue weighted by atomic mass is 10.3. The van der Waals surface area contributed by atoms with Crippen molar-refractivity contribution >= 4 is 27.6 Å². The van der Waals surface area contributed by atoms with Crippen molar-refractivity contribution < 1.29 is 22.7 Å². The van der Waals surface area contributed by atoms with E-state index in [-0.39, 0.29) is 23.4 Å². The van der Waals surface area contributed by atoms with Gasteiger partial charge < -0.3 is 10.1 Å². The van der Waals surface area contributed by atoms with Gasteiger partial charge in [-0.25, -0.2) is 8.42 Å². The summed E-state index contributed by atoms with van der Waals surface area (Å²) >= 11 is 0. The third kappa shape index (κ3) is 4.19. The van der Waals surface area contributed by atoms with E-state index < -0.39 is 15.9 Å². The van der Waals surface area contributed by atoms with Crippen molar-refractivity contribution in [3.8, 4) is 0 Å². The predicted molar refractivity (Wildman–Crippen MR) is 91.3 cm³/mol. The molecule has 1 saturated heterocycles. The molecule has 1 aromatic carbocycles. The summed E-state index contributed by atoms with van der Waals surface area (Å²) < 4.78 is 31.5. The number of hydrogen-bond donors (Lipinski definition) is 1. The van der Waals surface area contributed by atoms with Crippen LogP contribution in [0, 0.1) is 11.8 Å². The summed E-state index contributed by atoms with van der Waals surface area (Å²) in [6.07, 6.45) is 2.53. The van der Waals surface area contributed by atoms with E-state index in [1.54, 1.807) is 12.1 Å². The average Bonchev–Trinajstić information content (AvgIpc) is 3.08. The number of nitrogens with zero attached hydrogens (tertiary/aromatic N) is 1. The van der Waals surface area contributed by atoms with E-state index in [0.29, 0.717) is 24.7 Å². The lowest BCUT2D eigenvalue weighted by Gasteiger charge is -2.16. The number of carbonyl (C=O) groups is 2. The first kappa shape index (κ1) is 17.9. The number of rotatable bonds is 6. The van der Waals surface area contributed by atoms with Crippen LogP contribution >= 0.6 is 0 Å². The minimum atomic E-state index is -3.54. The molecule has 7 nitrogen and oxygen atoms in total. The van der Waals surface area contributed by atoms with Gasteiger partial charge in [0.05, 0.1) is 10.8 Å². The Morgan fingerprint density at radius 1 is 1.28 bits per heavy atom. The molecule has 1 aliphatic carbocycles. The van der Waals surface area contributed by atoms with Crippen molar-refractivity contribution in [2.24, 2.45) is 11.8 Å². The first-order valence-corrected chi connectivity index (χ1v) is 9.88. The van der Waals surface area contributed by atoms with Crippen LogP contribution in [0.25, 0.3) is 0 Å². The molecule has 25 heavy (non-hydrogen) atoms. The van der Waals surface area contributed by atoms with E-state index >= 15 is 0 Å². The minimum Gasteiger partial charge on any atom is -0.455 e. The summed E-state index contributed by atoms with van der Waals surface area (Å²) in [4.78, 5) is 23.7. The molecule has 2 fully saturated rings. The highest BCUT2D eigenvalue weighted by Gasteiger charge is 2.40. The number of hydrogen-bond acceptors (Lipinski definition) is 5. The summed E-state index contributed by atoms with van der Waals surface area (Å²) in [6, 6.07) is 6.12. The SMILES string of the molecule is C[C@H]1C[C@@H]1C(=O)OCC(=O)Nc1cccc(S(=O)(=O)N2CCCC2)c1. The van der Waals surface area contributed by atoms with Crippen LogP contribution in [0.2, 0.25) is 0 Å². The van der Waals surface area contributed by atoms with E-state index in [1.807, 2.05) is 6.92 Å². The largest absolute Gasteiger partial charge is 0.455 e. The second-order valence-corrected chi connectivity index (χ2v) is 8.55. The molecular formula is C17H22N2O5S. The van der Waals surface area contributed by atoms with Gasteiger partial charge in [-0.2, -0.15) is 4.31 Å². The Bertz CT molecular complexity index is 771. The molecule has 8 heteroatoms. The predicted octanol–water partition coefficient (Wildman–Crippen LogP) is 1.61. The highest BCUT2D eigenvalue weighted by molar-refractivity contribution is 7.89. The van der Waals surface area contributed by atoms with Gasteiger partial charge in [0.25, 0.3) is 5.91 Å². The minimum absolute atomic E-state index is 0.0956. The second-order valence-electron chi connectivity index (χ2n) is 6.61. The zero-order valence-electron chi connectivity index (χ0n) is 14.1. The first-order valence-electron chi connectivity index (χ1n) is 8.44. The van der Waals surface area contributed by atoms with Gasteiger partial charge in [-0.1, -0.05) is 13.0 Å². The fourth-order valence-electron chi connectivity index (χ4n) is 2.90. The zero-order chi connectivity index (χ0) is 18.0. The van der Waals surface area contributed by atoms with E-state index in [4.69, 9.17) is 4.74 Å². The highest BCUT2D eigenvalue weighted by Crippen LogP contribution is 2.38. The zero-order valence-corrected chi connectivity index (χ0v) is 14.9. The molecule has 1 amide bonds. The van der Waals surface area contributed by atoms with Crippen LogP contribution < -0.4 is 5.32 Å². The van der Waals surface area contributed by atoms with Crippen LogP contribution in [-0.2, 0) is 24.3 Å². The molecule has 1 aliphatic heterocycles. The maximum Gasteiger partial charge on any atom is 0.309 e. The number of benzene rings is 1. The topological polar surface area (TPSA) is 92.8 Å². The first-order chi connectivity index (χ1) is 11.9. The van der Waals surface area contributed by atoms with E-state index in [2.05, 4.69) is 5.32 Å². The fraction of sp³-hybridized carbons (Fsp3) is 0.529. The molecule has 0 aromatic heterocycles. The summed E-state index contributed by atoms with van der Waals surface area (Å²) in [6.45, 7) is 2.63. The number of nitrogens with one attached hydrogen (secondary N) is 1. The quantitative estimate of drug-likeness (QED) is 0.772. The molecule has 1 saturated carbocycles. The standard InChI is InChI=1S/C17H22N2O5S/c1-12-9-15(12)17(21)24-11-16(20)18-13-5-4-6-14(10-13)25(22,23)19-7-2-3-8-19/h4-6,10,12,15H,2-3,7-9,11H2,1H3,(H,18,20)/t12-,15-/m0/s1. The number of amides is 1. The maximum absolute atomic E-state index is 12.5. The molecular weight excluding hydrogens is 344 g/mol. The monoisotopic (exact) mass is 366 g/mol. The molecule has 3 rings (SSSR count). The van der Waals surface area contributed by atoms with Gasteiger partial charge in [-0.3, -0.25) is 9.59 Å². The van der Waals surface area contributed by atoms with Crippen LogP contribution in [0.1, 0.15) is 26.2 Å². The Balaban J connectivity index is 1.59. The number of sulfonamides is 1. The van der Waals surface area contributed by atoms with Crippen molar-refractivity contribution in [2.45, 2.75) is 31.1 Å². The molecule has 0 unspecified atom stereocenters. The molecule has 2 aliphatic rings. The number of esters is 1. The van der Waals surface area contributed by atoms with Crippen LogP contribution in [-0.4, -0.2) is 44.3 Å². The normalized spacial score (nSPS) is 23.2. The Labute approximate surface area is 147 Å². The third-order valence-corrected chi connectivity index (χ3v) is 6.47. The van der Waals surface area contributed by atoms with Gasteiger partial charge in [0.2, 0.25) is 10.0 Å². The van der Waals surface area contributed by atoms with Gasteiger partial charge in [0.1, 0.15) is 0 Å². The summed E-state index contributed by atoms with van der Waals surface area (Å²) in [7, 11) is -3.54. The van der Waals surface area contributed by atoms with E-state index in [0.717, 1.165) is 19.3 Å². The van der Waals surface area contributed by atoms with Crippen LogP contribution in [0.15, 0.2) is 29.2 Å². The van der Waals surface area contributed by atoms with Crippen molar-refractivity contribution in [1.82, 2.24) is 4.31 Å². The average molecular weight is 366 g/mol. The maximum atomic E-state index is 12.5. The number of ether oxygens (including phenoxy) is 1. The van der Waals surface area contributed by atoms with Gasteiger partial charge >= 0.3 is 5.97 Å². The smallest absolute Gasteiger partial charge is 0.309 e. The molecule has 1 N–H and O–H groups in total. The van der Waals surface area contributed by atoms with Crippen molar-refractivity contribution in [3.05, 3.63) is 24.3 Å². The van der Waals surface area contributed by atoms with Crippen LogP contribution in [0.3, 0.4) is 0 Å². The highest BCUT2D eigenvalue weighted by atomic mass is 32.2. The summed E-state index contributed by atoms with van der Waals surface area (Å²) in [5.74, 6) is -0.616. The van der Waals surface area contributed by atoms with E-state index in [1.165, 1.54) is 16.4 Å². The van der Waals surface area contributed by atoms with Crippen LogP contribution in [0.5, 0.6) is 0 Å². The Morgan fingerprint density at radius 3 is 2.60 bits per heavy atom. The second kappa shape index (κ2) is 7.13. The van der Waals surface area contributed by atoms with Crippen molar-refractivity contribution in [3.63, 3.8) is 0 Å². The molecule has 1 aromatic rings. The Kier molecular flexibility index (Phi) is 5.10. The fourth-order valence-corrected chi connectivity index (χ4v) is 4.47. The number of carbonyl (C=O) groups excluding carboxylic acids is 2. The Morgan fingerprint density at radius 2 is 1.96 bits per heavy atom. The van der Waals surface area contributed by atoms with Crippen molar-refractivity contribution in [2.75, 3.05) is 25.0 Å². The number of anilines is 1.